The monoisotopic (exact) mass is 409 g/mol. The molecule has 0 aliphatic rings. The van der Waals surface area contributed by atoms with Crippen molar-refractivity contribution in [3.63, 3.8) is 0 Å². The lowest BCUT2D eigenvalue weighted by atomic mass is 10.0. The summed E-state index contributed by atoms with van der Waals surface area (Å²) in [6.07, 6.45) is -4.75. The maximum Gasteiger partial charge on any atom is 0.417 e. The summed E-state index contributed by atoms with van der Waals surface area (Å²) in [5.74, 6) is -1.28. The molecule has 0 saturated carbocycles. The zero-order chi connectivity index (χ0) is 21.1. The molecule has 0 spiro atoms. The van der Waals surface area contributed by atoms with Gasteiger partial charge in [-0.3, -0.25) is 9.59 Å². The smallest absolute Gasteiger partial charge is 0.338 e. The van der Waals surface area contributed by atoms with Crippen LogP contribution in [-0.4, -0.2) is 17.4 Å². The molecular weight excluding hydrogens is 395 g/mol. The van der Waals surface area contributed by atoms with Gasteiger partial charge in [-0.15, -0.1) is 0 Å². The summed E-state index contributed by atoms with van der Waals surface area (Å²) in [6.45, 7) is 2.81. The average molecular weight is 410 g/mol. The molecule has 2 aromatic rings. The van der Waals surface area contributed by atoms with Crippen molar-refractivity contribution < 1.29 is 22.8 Å². The highest BCUT2D eigenvalue weighted by molar-refractivity contribution is 6.30. The molecule has 2 aromatic carbocycles. The summed E-state index contributed by atoms with van der Waals surface area (Å²) < 4.78 is 39.1. The predicted molar refractivity (Wildman–Crippen MR) is 97.8 cm³/mol. The number of carbonyl (C=O) groups excluding carboxylic acids is 2. The molecule has 0 aromatic heterocycles. The average Bonchev–Trinajstić information content (AvgIpc) is 2.61. The number of hydrogen-bond acceptors (Lipinski definition) is 3. The molecule has 0 heterocycles. The summed E-state index contributed by atoms with van der Waals surface area (Å²) in [5.41, 5.74) is -3.02. The van der Waals surface area contributed by atoms with Crippen molar-refractivity contribution in [2.75, 3.05) is 5.32 Å². The molecule has 0 bridgehead atoms. The Morgan fingerprint density at radius 2 is 1.68 bits per heavy atom. The van der Waals surface area contributed by atoms with E-state index >= 15 is 0 Å². The summed E-state index contributed by atoms with van der Waals surface area (Å²) >= 11 is 5.76. The minimum absolute atomic E-state index is 0.148. The highest BCUT2D eigenvalue weighted by Gasteiger charge is 2.35. The van der Waals surface area contributed by atoms with Crippen LogP contribution in [0.15, 0.2) is 42.5 Å². The van der Waals surface area contributed by atoms with Gasteiger partial charge in [-0.2, -0.15) is 18.4 Å². The van der Waals surface area contributed by atoms with Crippen LogP contribution in [-0.2, 0) is 11.0 Å². The summed E-state index contributed by atoms with van der Waals surface area (Å²) in [7, 11) is 0. The van der Waals surface area contributed by atoms with E-state index in [-0.39, 0.29) is 11.3 Å². The number of hydrogen-bond donors (Lipinski definition) is 2. The SMILES string of the molecule is CC(C)(NC(=O)c1ccc(Cl)cc1)C(=O)Nc1ccc(C#N)c(C(F)(F)F)c1. The van der Waals surface area contributed by atoms with E-state index in [0.717, 1.165) is 6.07 Å². The lowest BCUT2D eigenvalue weighted by molar-refractivity contribution is -0.137. The van der Waals surface area contributed by atoms with Crippen LogP contribution >= 0.6 is 11.6 Å². The number of anilines is 1. The molecule has 28 heavy (non-hydrogen) atoms. The van der Waals surface area contributed by atoms with Crippen LogP contribution in [0, 0.1) is 11.3 Å². The van der Waals surface area contributed by atoms with Gasteiger partial charge in [0.2, 0.25) is 5.91 Å². The third-order valence-corrected chi connectivity index (χ3v) is 4.06. The van der Waals surface area contributed by atoms with Crippen molar-refractivity contribution in [2.45, 2.75) is 25.6 Å². The Bertz CT molecular complexity index is 948. The van der Waals surface area contributed by atoms with Crippen LogP contribution in [0.2, 0.25) is 5.02 Å². The number of rotatable bonds is 4. The molecule has 2 amide bonds. The Labute approximate surface area is 164 Å². The fourth-order valence-electron chi connectivity index (χ4n) is 2.26. The quantitative estimate of drug-likeness (QED) is 0.786. The number of benzene rings is 2. The second kappa shape index (κ2) is 7.90. The largest absolute Gasteiger partial charge is 0.417 e. The molecule has 0 radical (unpaired) electrons. The summed E-state index contributed by atoms with van der Waals surface area (Å²) in [6, 6.07) is 10.3. The number of halogens is 4. The molecule has 9 heteroatoms. The second-order valence-electron chi connectivity index (χ2n) is 6.41. The third kappa shape index (κ3) is 5.02. The van der Waals surface area contributed by atoms with Gasteiger partial charge in [0.15, 0.2) is 0 Å². The molecule has 0 saturated heterocycles. The van der Waals surface area contributed by atoms with Gasteiger partial charge in [0, 0.05) is 16.3 Å². The number of nitrogens with zero attached hydrogens (tertiary/aromatic N) is 1. The highest BCUT2D eigenvalue weighted by atomic mass is 35.5. The Kier molecular flexibility index (Phi) is 6.00. The molecular formula is C19H15ClF3N3O2. The Hall–Kier alpha value is -3.05. The molecule has 0 fully saturated rings. The van der Waals surface area contributed by atoms with Gasteiger partial charge in [-0.25, -0.2) is 0 Å². The fourth-order valence-corrected chi connectivity index (χ4v) is 2.38. The van der Waals surface area contributed by atoms with Crippen LogP contribution < -0.4 is 10.6 Å². The molecule has 0 unspecified atom stereocenters. The molecule has 0 aliphatic carbocycles. The van der Waals surface area contributed by atoms with E-state index in [1.54, 1.807) is 0 Å². The Morgan fingerprint density at radius 1 is 1.07 bits per heavy atom. The number of nitriles is 1. The summed E-state index contributed by atoms with van der Waals surface area (Å²) in [4.78, 5) is 24.8. The minimum Gasteiger partial charge on any atom is -0.338 e. The van der Waals surface area contributed by atoms with E-state index in [9.17, 15) is 22.8 Å². The van der Waals surface area contributed by atoms with Crippen molar-refractivity contribution in [1.82, 2.24) is 5.32 Å². The zero-order valence-electron chi connectivity index (χ0n) is 14.8. The lowest BCUT2D eigenvalue weighted by Crippen LogP contribution is -2.52. The van der Waals surface area contributed by atoms with E-state index in [4.69, 9.17) is 16.9 Å². The van der Waals surface area contributed by atoms with Gasteiger partial charge in [0.05, 0.1) is 17.2 Å². The number of alkyl halides is 3. The maximum absolute atomic E-state index is 13.0. The van der Waals surface area contributed by atoms with Crippen molar-refractivity contribution in [3.05, 3.63) is 64.2 Å². The van der Waals surface area contributed by atoms with Crippen LogP contribution in [0.3, 0.4) is 0 Å². The van der Waals surface area contributed by atoms with Crippen LogP contribution in [0.25, 0.3) is 0 Å². The topological polar surface area (TPSA) is 82.0 Å². The number of carbonyl (C=O) groups is 2. The molecule has 0 atom stereocenters. The first kappa shape index (κ1) is 21.3. The van der Waals surface area contributed by atoms with Crippen LogP contribution in [0.4, 0.5) is 18.9 Å². The van der Waals surface area contributed by atoms with Gasteiger partial charge in [-0.05, 0) is 56.3 Å². The molecule has 5 nitrogen and oxygen atoms in total. The first-order valence-corrected chi connectivity index (χ1v) is 8.33. The second-order valence-corrected chi connectivity index (χ2v) is 6.85. The van der Waals surface area contributed by atoms with Crippen LogP contribution in [0.5, 0.6) is 0 Å². The van der Waals surface area contributed by atoms with E-state index < -0.39 is 34.7 Å². The van der Waals surface area contributed by atoms with Gasteiger partial charge in [-0.1, -0.05) is 11.6 Å². The third-order valence-electron chi connectivity index (χ3n) is 3.80. The van der Waals surface area contributed by atoms with Gasteiger partial charge in [0.1, 0.15) is 5.54 Å². The highest BCUT2D eigenvalue weighted by Crippen LogP contribution is 2.33. The minimum atomic E-state index is -4.75. The van der Waals surface area contributed by atoms with E-state index in [0.29, 0.717) is 11.1 Å². The van der Waals surface area contributed by atoms with Crippen LogP contribution in [0.1, 0.15) is 35.3 Å². The Balaban J connectivity index is 2.18. The van der Waals surface area contributed by atoms with E-state index in [1.807, 2.05) is 0 Å². The molecule has 2 rings (SSSR count). The van der Waals surface area contributed by atoms with Gasteiger partial charge < -0.3 is 10.6 Å². The van der Waals surface area contributed by atoms with Gasteiger partial charge >= 0.3 is 6.18 Å². The van der Waals surface area contributed by atoms with Gasteiger partial charge in [0.25, 0.3) is 5.91 Å². The first-order valence-electron chi connectivity index (χ1n) is 7.95. The van der Waals surface area contributed by atoms with Crippen molar-refractivity contribution in [3.8, 4) is 6.07 Å². The lowest BCUT2D eigenvalue weighted by Gasteiger charge is -2.25. The molecule has 146 valence electrons. The number of amides is 2. The Morgan fingerprint density at radius 3 is 2.21 bits per heavy atom. The standard InChI is InChI=1S/C19H15ClF3N3O2/c1-18(2,26-16(27)11-3-6-13(20)7-4-11)17(28)25-14-8-5-12(10-24)15(9-14)19(21,22)23/h3-9H,1-2H3,(H,25,28)(H,26,27). The molecule has 2 N–H and O–H groups in total. The molecule has 0 aliphatic heterocycles. The predicted octanol–water partition coefficient (Wildman–Crippen LogP) is 4.38. The van der Waals surface area contributed by atoms with E-state index in [1.165, 1.54) is 50.2 Å². The first-order chi connectivity index (χ1) is 12.9. The normalized spacial score (nSPS) is 11.5. The number of nitrogens with one attached hydrogen (secondary N) is 2. The van der Waals surface area contributed by atoms with Crippen molar-refractivity contribution in [2.24, 2.45) is 0 Å². The van der Waals surface area contributed by atoms with Crippen molar-refractivity contribution >= 4 is 29.1 Å². The summed E-state index contributed by atoms with van der Waals surface area (Å²) in [5, 5.41) is 14.1. The van der Waals surface area contributed by atoms with Crippen molar-refractivity contribution in [1.29, 1.82) is 5.26 Å². The zero-order valence-corrected chi connectivity index (χ0v) is 15.6. The van der Waals surface area contributed by atoms with E-state index in [2.05, 4.69) is 10.6 Å². The fraction of sp³-hybridized carbons (Fsp3) is 0.211. The maximum atomic E-state index is 13.0.